The van der Waals surface area contributed by atoms with E-state index in [2.05, 4.69) is 16.8 Å². The van der Waals surface area contributed by atoms with Crippen LogP contribution in [0.4, 0.5) is 11.4 Å². The van der Waals surface area contributed by atoms with Crippen LogP contribution in [0.1, 0.15) is 29.8 Å². The summed E-state index contributed by atoms with van der Waals surface area (Å²) in [5, 5.41) is 41.8. The molecule has 2 heterocycles. The number of nitrogens with one attached hydrogen (secondary N) is 1. The zero-order valence-corrected chi connectivity index (χ0v) is 16.1. The van der Waals surface area contributed by atoms with E-state index < -0.39 is 0 Å². The number of aromatic nitrogens is 1. The summed E-state index contributed by atoms with van der Waals surface area (Å²) in [5.74, 6) is 0.300. The second kappa shape index (κ2) is 7.54. The Morgan fingerprint density at radius 3 is 2.48 bits per heavy atom. The lowest BCUT2D eigenvalue weighted by molar-refractivity contribution is 0.187. The number of methoxy groups -OCH3 is 1. The maximum atomic E-state index is 11.7. The molecule has 1 unspecified atom stereocenters. The van der Waals surface area contributed by atoms with Gasteiger partial charge in [-0.15, -0.1) is 0 Å². The summed E-state index contributed by atoms with van der Waals surface area (Å²) in [4.78, 5) is 5.61. The van der Waals surface area contributed by atoms with Crippen molar-refractivity contribution in [3.8, 4) is 5.75 Å². The Balaban J connectivity index is 1.65. The normalized spacial score (nSPS) is 16.7. The Kier molecular flexibility index (Phi) is 5.07. The molecule has 1 aliphatic rings. The van der Waals surface area contributed by atoms with E-state index in [0.717, 1.165) is 35.2 Å². The smallest absolute Gasteiger partial charge is 0.145 e. The van der Waals surface area contributed by atoms with Gasteiger partial charge in [0.05, 0.1) is 18.3 Å². The van der Waals surface area contributed by atoms with Crippen molar-refractivity contribution < 1.29 is 15.2 Å². The molecule has 9 nitrogen and oxygen atoms in total. The van der Waals surface area contributed by atoms with Gasteiger partial charge in [-0.3, -0.25) is 15.3 Å². The van der Waals surface area contributed by atoms with Gasteiger partial charge in [-0.2, -0.15) is 0 Å². The number of fused-ring (bicyclic) bond motifs is 3. The molecular weight excluding hydrogens is 376 g/mol. The molecule has 29 heavy (non-hydrogen) atoms. The molecular formula is C20H22N4O5-2. The second-order valence-electron chi connectivity index (χ2n) is 7.16. The fourth-order valence-corrected chi connectivity index (χ4v) is 4.10. The highest BCUT2D eigenvalue weighted by atomic mass is 16.8. The third-order valence-electron chi connectivity index (χ3n) is 5.62. The lowest BCUT2D eigenvalue weighted by Gasteiger charge is -2.33. The standard InChI is InChI=1S/C20H22N4O5/c1-12-18-16(15-7-8-17(29-2)20(24(27)28)19(15)21-18)9-10-22(12)11-13-3-5-14(6-4-13)23(25)26/h3-8,12,21,25,27H,9-11H2,1-2H3/q-2. The molecule has 1 atom stereocenters. The Bertz CT molecular complexity index is 1020. The third kappa shape index (κ3) is 3.39. The van der Waals surface area contributed by atoms with E-state index in [4.69, 9.17) is 9.94 Å². The summed E-state index contributed by atoms with van der Waals surface area (Å²) in [6, 6.07) is 10.4. The zero-order chi connectivity index (χ0) is 20.7. The fraction of sp³-hybridized carbons (Fsp3) is 0.300. The van der Waals surface area contributed by atoms with E-state index >= 15 is 0 Å². The highest BCUT2D eigenvalue weighted by Crippen LogP contribution is 2.41. The number of nitrogens with zero attached hydrogens (tertiary/aromatic N) is 3. The molecule has 154 valence electrons. The highest BCUT2D eigenvalue weighted by Gasteiger charge is 2.28. The van der Waals surface area contributed by atoms with Crippen LogP contribution in [0.5, 0.6) is 5.75 Å². The Morgan fingerprint density at radius 1 is 1.14 bits per heavy atom. The molecule has 0 aliphatic carbocycles. The van der Waals surface area contributed by atoms with E-state index in [-0.39, 0.29) is 27.9 Å². The molecule has 1 aromatic heterocycles. The molecule has 2 aromatic carbocycles. The Hall–Kier alpha value is -2.82. The van der Waals surface area contributed by atoms with Crippen LogP contribution >= 0.6 is 0 Å². The monoisotopic (exact) mass is 398 g/mol. The second-order valence-corrected chi connectivity index (χ2v) is 7.16. The number of rotatable bonds is 5. The average molecular weight is 398 g/mol. The van der Waals surface area contributed by atoms with Gasteiger partial charge < -0.3 is 30.6 Å². The molecule has 9 heteroatoms. The van der Waals surface area contributed by atoms with Crippen molar-refractivity contribution in [3.05, 3.63) is 63.6 Å². The van der Waals surface area contributed by atoms with Gasteiger partial charge in [0.2, 0.25) is 0 Å². The summed E-state index contributed by atoms with van der Waals surface area (Å²) in [5.41, 5.74) is 3.96. The summed E-state index contributed by atoms with van der Waals surface area (Å²) in [7, 11) is 1.45. The molecule has 0 saturated carbocycles. The first-order valence-corrected chi connectivity index (χ1v) is 9.27. The summed E-state index contributed by atoms with van der Waals surface area (Å²) in [6.45, 7) is 3.57. The van der Waals surface area contributed by atoms with Crippen molar-refractivity contribution in [2.24, 2.45) is 0 Å². The molecule has 0 fully saturated rings. The van der Waals surface area contributed by atoms with Crippen molar-refractivity contribution >= 4 is 22.3 Å². The van der Waals surface area contributed by atoms with Crippen LogP contribution in [0.15, 0.2) is 36.4 Å². The van der Waals surface area contributed by atoms with Gasteiger partial charge in [-0.05, 0) is 48.7 Å². The van der Waals surface area contributed by atoms with Crippen LogP contribution in [-0.4, -0.2) is 34.0 Å². The number of hydrogen-bond donors (Lipinski definition) is 3. The first kappa shape index (κ1) is 19.5. The minimum absolute atomic E-state index is 0.0531. The molecule has 1 aliphatic heterocycles. The Morgan fingerprint density at radius 2 is 1.86 bits per heavy atom. The number of aromatic amines is 1. The van der Waals surface area contributed by atoms with E-state index in [1.54, 1.807) is 18.2 Å². The highest BCUT2D eigenvalue weighted by molar-refractivity contribution is 5.97. The number of hydrogen-bond acceptors (Lipinski definition) is 8. The number of benzene rings is 2. The predicted octanol–water partition coefficient (Wildman–Crippen LogP) is 3.68. The van der Waals surface area contributed by atoms with E-state index in [0.29, 0.717) is 17.8 Å². The minimum Gasteiger partial charge on any atom is -0.733 e. The van der Waals surface area contributed by atoms with Crippen molar-refractivity contribution in [2.45, 2.75) is 25.9 Å². The van der Waals surface area contributed by atoms with Crippen LogP contribution in [0.25, 0.3) is 10.9 Å². The van der Waals surface area contributed by atoms with Crippen molar-refractivity contribution in [1.82, 2.24) is 9.88 Å². The Labute approximate surface area is 167 Å². The molecule has 0 bridgehead atoms. The summed E-state index contributed by atoms with van der Waals surface area (Å²) < 4.78 is 5.22. The SMILES string of the molecule is COc1ccc2c3c([nH]c2c1N([O-])O)C(C)N(Cc1ccc(N([O-])O)cc1)CC3. The molecule has 0 spiro atoms. The largest absolute Gasteiger partial charge is 0.733 e. The van der Waals surface area contributed by atoms with Gasteiger partial charge in [0.25, 0.3) is 0 Å². The van der Waals surface area contributed by atoms with Gasteiger partial charge in [0.15, 0.2) is 0 Å². The van der Waals surface area contributed by atoms with Gasteiger partial charge in [-0.1, -0.05) is 12.1 Å². The number of anilines is 2. The lowest BCUT2D eigenvalue weighted by Crippen LogP contribution is -2.33. The predicted molar refractivity (Wildman–Crippen MR) is 109 cm³/mol. The van der Waals surface area contributed by atoms with Crippen LogP contribution in [0, 0.1) is 10.4 Å². The zero-order valence-electron chi connectivity index (χ0n) is 16.1. The first-order chi connectivity index (χ1) is 13.9. The van der Waals surface area contributed by atoms with E-state index in [1.165, 1.54) is 7.11 Å². The van der Waals surface area contributed by atoms with Gasteiger partial charge in [0, 0.05) is 30.2 Å². The first-order valence-electron chi connectivity index (χ1n) is 9.27. The van der Waals surface area contributed by atoms with Gasteiger partial charge in [0.1, 0.15) is 11.4 Å². The van der Waals surface area contributed by atoms with Gasteiger partial charge >= 0.3 is 0 Å². The maximum absolute atomic E-state index is 11.7. The average Bonchev–Trinajstić information content (AvgIpc) is 3.08. The minimum atomic E-state index is -0.159. The molecule has 0 saturated heterocycles. The quantitative estimate of drug-likeness (QED) is 0.557. The van der Waals surface area contributed by atoms with Crippen LogP contribution < -0.4 is 15.2 Å². The number of H-pyrrole nitrogens is 1. The molecule has 4 rings (SSSR count). The maximum Gasteiger partial charge on any atom is 0.145 e. The topological polar surface area (TPSA) is 121 Å². The summed E-state index contributed by atoms with van der Waals surface area (Å²) in [6.07, 6.45) is 0.790. The molecule has 3 N–H and O–H groups in total. The van der Waals surface area contributed by atoms with Crippen LogP contribution in [0.2, 0.25) is 0 Å². The fourth-order valence-electron chi connectivity index (χ4n) is 4.10. The molecule has 3 aromatic rings. The lowest BCUT2D eigenvalue weighted by atomic mass is 9.97. The van der Waals surface area contributed by atoms with Crippen molar-refractivity contribution in [3.63, 3.8) is 0 Å². The third-order valence-corrected chi connectivity index (χ3v) is 5.62. The van der Waals surface area contributed by atoms with Crippen LogP contribution in [0.3, 0.4) is 0 Å². The van der Waals surface area contributed by atoms with Gasteiger partial charge in [-0.25, -0.2) is 0 Å². The number of ether oxygens (including phenoxy) is 1. The van der Waals surface area contributed by atoms with E-state index in [9.17, 15) is 15.6 Å². The van der Waals surface area contributed by atoms with Crippen molar-refractivity contribution in [1.29, 1.82) is 0 Å². The molecule has 0 amide bonds. The molecule has 0 radical (unpaired) electrons. The van der Waals surface area contributed by atoms with E-state index in [1.807, 2.05) is 18.2 Å². The van der Waals surface area contributed by atoms with Crippen molar-refractivity contribution in [2.75, 3.05) is 24.1 Å². The van der Waals surface area contributed by atoms with Crippen LogP contribution in [-0.2, 0) is 13.0 Å². The summed E-state index contributed by atoms with van der Waals surface area (Å²) >= 11 is 0.